The normalized spacial score (nSPS) is 11.6. The van der Waals surface area contributed by atoms with Crippen LogP contribution in [-0.4, -0.2) is 101 Å². The Hall–Kier alpha value is -1.44. The van der Waals surface area contributed by atoms with Gasteiger partial charge in [-0.1, -0.05) is 12.1 Å². The minimum Gasteiger partial charge on any atom is -0.330 e. The number of imide groups is 1. The predicted molar refractivity (Wildman–Crippen MR) is 198 cm³/mol. The summed E-state index contributed by atoms with van der Waals surface area (Å²) < 4.78 is 0. The summed E-state index contributed by atoms with van der Waals surface area (Å²) in [4.78, 5) is 42.1. The molecule has 0 radical (unpaired) electrons. The van der Waals surface area contributed by atoms with Crippen LogP contribution in [0.3, 0.4) is 0 Å². The van der Waals surface area contributed by atoms with Crippen LogP contribution in [0.2, 0.25) is 0 Å². The van der Waals surface area contributed by atoms with E-state index >= 15 is 0 Å². The second kappa shape index (κ2) is 26.6. The smallest absolute Gasteiger partial charge is 0.261 e. The fourth-order valence-electron chi connectivity index (χ4n) is 4.78. The van der Waals surface area contributed by atoms with Crippen LogP contribution in [0.5, 0.6) is 0 Å². The summed E-state index contributed by atoms with van der Waals surface area (Å²) >= 11 is 0. The van der Waals surface area contributed by atoms with Crippen molar-refractivity contribution in [3.05, 3.63) is 41.5 Å². The minimum atomic E-state index is -0.326. The van der Waals surface area contributed by atoms with Gasteiger partial charge in [-0.15, -0.1) is 62.0 Å². The molecule has 1 aliphatic rings. The van der Waals surface area contributed by atoms with Gasteiger partial charge in [0.15, 0.2) is 0 Å². The van der Waals surface area contributed by atoms with Crippen LogP contribution < -0.4 is 27.0 Å². The van der Waals surface area contributed by atoms with Gasteiger partial charge in [0.1, 0.15) is 0 Å². The van der Waals surface area contributed by atoms with E-state index in [9.17, 15) is 14.4 Å². The average molecular weight is 736 g/mol. The molecule has 10 nitrogen and oxygen atoms in total. The Labute approximate surface area is 299 Å². The summed E-state index contributed by atoms with van der Waals surface area (Å²) in [5.74, 6) is -0.766. The summed E-state index contributed by atoms with van der Waals surface area (Å²) in [7, 11) is 3.81. The number of benzene rings is 2. The Bertz CT molecular complexity index is 1140. The van der Waals surface area contributed by atoms with E-state index < -0.39 is 0 Å². The second-order valence-corrected chi connectivity index (χ2v) is 10.6. The molecule has 0 atom stereocenters. The largest absolute Gasteiger partial charge is 0.330 e. The Morgan fingerprint density at radius 1 is 0.756 bits per heavy atom. The number of hydrogen-bond acceptors (Lipinski definition) is 8. The van der Waals surface area contributed by atoms with Gasteiger partial charge >= 0.3 is 0 Å². The van der Waals surface area contributed by atoms with Crippen LogP contribution in [0.4, 0.5) is 5.69 Å². The van der Waals surface area contributed by atoms with E-state index in [-0.39, 0.29) is 86.3 Å². The van der Waals surface area contributed by atoms with Crippen molar-refractivity contribution in [2.45, 2.75) is 38.5 Å². The van der Waals surface area contributed by atoms with E-state index in [1.165, 1.54) is 11.3 Å². The molecule has 1 heterocycles. The molecule has 0 unspecified atom stereocenters. The molecule has 1 aliphatic heterocycles. The number of nitrogens with two attached hydrogens (primary N) is 1. The highest BCUT2D eigenvalue weighted by molar-refractivity contribution is 6.26. The maximum atomic E-state index is 13.2. The zero-order valence-electron chi connectivity index (χ0n) is 26.2. The van der Waals surface area contributed by atoms with Crippen molar-refractivity contribution in [3.63, 3.8) is 0 Å². The number of unbranched alkanes of at least 4 members (excludes halogenated alkanes) is 3. The van der Waals surface area contributed by atoms with Gasteiger partial charge < -0.3 is 31.9 Å². The first kappa shape index (κ1) is 48.0. The molecule has 0 aliphatic carbocycles. The highest BCUT2D eigenvalue weighted by atomic mass is 35.5. The lowest BCUT2D eigenvalue weighted by atomic mass is 9.93. The number of amides is 3. The number of anilines is 1. The van der Waals surface area contributed by atoms with Gasteiger partial charge in [-0.05, 0) is 115 Å². The fraction of sp³-hybridized carbons (Fsp3) is 0.567. The van der Waals surface area contributed by atoms with Crippen molar-refractivity contribution in [2.75, 3.05) is 78.3 Å². The Morgan fingerprint density at radius 2 is 1.29 bits per heavy atom. The molecule has 0 saturated heterocycles. The molecular weight excluding hydrogens is 684 g/mol. The van der Waals surface area contributed by atoms with Gasteiger partial charge in [0, 0.05) is 29.7 Å². The number of carbonyl (C=O) groups excluding carboxylic acids is 3. The molecular formula is C30H52Cl5N7O3. The van der Waals surface area contributed by atoms with Crippen LogP contribution in [-0.2, 0) is 4.79 Å². The fourth-order valence-corrected chi connectivity index (χ4v) is 4.78. The third-order valence-electron chi connectivity index (χ3n) is 6.99. The second-order valence-electron chi connectivity index (χ2n) is 10.6. The molecule has 0 bridgehead atoms. The first-order valence-electron chi connectivity index (χ1n) is 14.6. The highest BCUT2D eigenvalue weighted by Crippen LogP contribution is 2.32. The lowest BCUT2D eigenvalue weighted by Crippen LogP contribution is -2.43. The molecule has 15 heteroatoms. The monoisotopic (exact) mass is 733 g/mol. The van der Waals surface area contributed by atoms with Crippen LogP contribution in [0, 0.1) is 0 Å². The van der Waals surface area contributed by atoms with Crippen LogP contribution in [0.1, 0.15) is 59.2 Å². The van der Waals surface area contributed by atoms with Gasteiger partial charge in [-0.2, -0.15) is 0 Å². The van der Waals surface area contributed by atoms with E-state index in [1.54, 1.807) is 12.1 Å². The van der Waals surface area contributed by atoms with Crippen molar-refractivity contribution >= 4 is 96.2 Å². The first-order valence-corrected chi connectivity index (χ1v) is 14.6. The van der Waals surface area contributed by atoms with Crippen LogP contribution in [0.25, 0.3) is 10.8 Å². The third kappa shape index (κ3) is 15.8. The molecule has 6 N–H and O–H groups in total. The summed E-state index contributed by atoms with van der Waals surface area (Å²) in [6, 6.07) is 8.93. The standard InChI is InChI=1S/C30H47N7O3.5ClH/c1-36(2)18-19-37-29(39)25-11-9-10-23-20-24(21-26(28(23)25)30(37)40)35-27(38)22-34-17-8-7-16-33-15-6-5-14-32-13-4-3-12-31;;;;;/h9-11,20-21,32-34H,3-8,12-19,22,31H2,1-2H3,(H,35,38);5*1H. The highest BCUT2D eigenvalue weighted by Gasteiger charge is 2.33. The molecule has 45 heavy (non-hydrogen) atoms. The summed E-state index contributed by atoms with van der Waals surface area (Å²) in [5.41, 5.74) is 7.01. The van der Waals surface area contributed by atoms with Crippen molar-refractivity contribution in [3.8, 4) is 0 Å². The number of likely N-dealkylation sites (N-methyl/N-ethyl adjacent to an activating group) is 1. The topological polar surface area (TPSA) is 132 Å². The maximum Gasteiger partial charge on any atom is 0.261 e. The number of nitrogens with zero attached hydrogens (tertiary/aromatic N) is 2. The molecule has 0 fully saturated rings. The van der Waals surface area contributed by atoms with E-state index in [0.717, 1.165) is 76.8 Å². The molecule has 0 aromatic heterocycles. The number of rotatable bonds is 20. The predicted octanol–water partition coefficient (Wildman–Crippen LogP) is 4.11. The SMILES string of the molecule is CN(C)CCN1C(=O)c2cccc3cc(NC(=O)CNCCCCNCCCCNCCCCN)cc(c23)C1=O.Cl.Cl.Cl.Cl.Cl. The zero-order chi connectivity index (χ0) is 28.7. The molecule has 2 aromatic rings. The Morgan fingerprint density at radius 3 is 1.84 bits per heavy atom. The summed E-state index contributed by atoms with van der Waals surface area (Å²) in [5, 5.41) is 14.5. The molecule has 260 valence electrons. The molecule has 3 rings (SSSR count). The number of carbonyl (C=O) groups is 3. The number of nitrogens with one attached hydrogen (secondary N) is 4. The maximum absolute atomic E-state index is 13.2. The van der Waals surface area contributed by atoms with Crippen molar-refractivity contribution in [2.24, 2.45) is 5.73 Å². The minimum absolute atomic E-state index is 0. The first-order chi connectivity index (χ1) is 19.4. The van der Waals surface area contributed by atoms with Crippen LogP contribution in [0.15, 0.2) is 30.3 Å². The van der Waals surface area contributed by atoms with Gasteiger partial charge in [-0.3, -0.25) is 19.3 Å². The van der Waals surface area contributed by atoms with Crippen molar-refractivity contribution in [1.29, 1.82) is 0 Å². The van der Waals surface area contributed by atoms with Crippen molar-refractivity contribution in [1.82, 2.24) is 25.8 Å². The van der Waals surface area contributed by atoms with Gasteiger partial charge in [-0.25, -0.2) is 0 Å². The quantitative estimate of drug-likeness (QED) is 0.102. The molecule has 0 saturated carbocycles. The lowest BCUT2D eigenvalue weighted by molar-refractivity contribution is -0.115. The van der Waals surface area contributed by atoms with Crippen molar-refractivity contribution < 1.29 is 14.4 Å². The zero-order valence-corrected chi connectivity index (χ0v) is 30.3. The summed E-state index contributed by atoms with van der Waals surface area (Å²) in [6.45, 7) is 6.73. The van der Waals surface area contributed by atoms with Gasteiger partial charge in [0.2, 0.25) is 5.91 Å². The van der Waals surface area contributed by atoms with Gasteiger partial charge in [0.25, 0.3) is 11.8 Å². The molecule has 0 spiro atoms. The number of hydrogen-bond donors (Lipinski definition) is 5. The third-order valence-corrected chi connectivity index (χ3v) is 6.99. The number of halogens is 5. The Balaban J connectivity index is -0.00000353. The molecule has 3 amide bonds. The van der Waals surface area contributed by atoms with Crippen LogP contribution >= 0.6 is 62.0 Å². The van der Waals surface area contributed by atoms with E-state index in [0.29, 0.717) is 35.3 Å². The molecule has 2 aromatic carbocycles. The summed E-state index contributed by atoms with van der Waals surface area (Å²) in [6.07, 6.45) is 6.60. The lowest BCUT2D eigenvalue weighted by Gasteiger charge is -2.28. The average Bonchev–Trinajstić information content (AvgIpc) is 2.93. The van der Waals surface area contributed by atoms with Gasteiger partial charge in [0.05, 0.1) is 12.1 Å². The Kier molecular flexibility index (Phi) is 28.4. The van der Waals surface area contributed by atoms with E-state index in [1.807, 2.05) is 37.2 Å². The van der Waals surface area contributed by atoms with E-state index in [2.05, 4.69) is 21.3 Å². The van der Waals surface area contributed by atoms with E-state index in [4.69, 9.17) is 5.73 Å².